The minimum absolute atomic E-state index is 0.202. The Hall–Kier alpha value is -1.07. The van der Waals surface area contributed by atoms with Gasteiger partial charge in [0.25, 0.3) is 0 Å². The highest BCUT2D eigenvalue weighted by molar-refractivity contribution is 7.89. The zero-order chi connectivity index (χ0) is 14.3. The molecule has 0 heterocycles. The fraction of sp³-hybridized carbons (Fsp3) is 0.571. The van der Waals surface area contributed by atoms with Crippen LogP contribution in [-0.4, -0.2) is 14.5 Å². The number of anilines is 1. The first-order valence-electron chi connectivity index (χ1n) is 6.61. The maximum absolute atomic E-state index is 11.5. The van der Waals surface area contributed by atoms with Gasteiger partial charge in [-0.2, -0.15) is 0 Å². The van der Waals surface area contributed by atoms with Crippen LogP contribution in [0.1, 0.15) is 38.7 Å². The molecule has 0 aromatic heterocycles. The topological polar surface area (TPSA) is 72.2 Å². The highest BCUT2D eigenvalue weighted by atomic mass is 32.2. The Labute approximate surface area is 115 Å². The fourth-order valence-corrected chi connectivity index (χ4v) is 3.67. The van der Waals surface area contributed by atoms with Gasteiger partial charge in [0.15, 0.2) is 0 Å². The Bertz CT molecular complexity index is 579. The van der Waals surface area contributed by atoms with E-state index in [2.05, 4.69) is 19.2 Å². The van der Waals surface area contributed by atoms with Gasteiger partial charge in [-0.1, -0.05) is 26.3 Å². The number of hydrogen-bond donors (Lipinski definition) is 2. The van der Waals surface area contributed by atoms with Crippen molar-refractivity contribution in [1.29, 1.82) is 0 Å². The molecule has 1 aliphatic rings. The van der Waals surface area contributed by atoms with Gasteiger partial charge < -0.3 is 5.32 Å². The van der Waals surface area contributed by atoms with E-state index in [1.807, 2.05) is 6.07 Å². The van der Waals surface area contributed by atoms with Crippen molar-refractivity contribution in [3.05, 3.63) is 23.8 Å². The lowest BCUT2D eigenvalue weighted by Crippen LogP contribution is -2.31. The SMILES string of the molecule is Cc1c(NC2CCCC2(C)C)cccc1S(N)(=O)=O. The lowest BCUT2D eigenvalue weighted by Gasteiger charge is -2.29. The van der Waals surface area contributed by atoms with Crippen LogP contribution >= 0.6 is 0 Å². The summed E-state index contributed by atoms with van der Waals surface area (Å²) in [6.45, 7) is 6.29. The van der Waals surface area contributed by atoms with Crippen molar-refractivity contribution >= 4 is 15.7 Å². The van der Waals surface area contributed by atoms with Crippen molar-refractivity contribution < 1.29 is 8.42 Å². The van der Waals surface area contributed by atoms with Crippen LogP contribution in [0, 0.1) is 12.3 Å². The molecule has 0 spiro atoms. The largest absolute Gasteiger partial charge is 0.382 e. The van der Waals surface area contributed by atoms with Crippen LogP contribution in [0.4, 0.5) is 5.69 Å². The number of benzene rings is 1. The maximum atomic E-state index is 11.5. The molecule has 2 rings (SSSR count). The van der Waals surface area contributed by atoms with E-state index in [9.17, 15) is 8.42 Å². The molecule has 1 unspecified atom stereocenters. The molecular weight excluding hydrogens is 260 g/mol. The van der Waals surface area contributed by atoms with Crippen LogP contribution in [0.2, 0.25) is 0 Å². The quantitative estimate of drug-likeness (QED) is 0.895. The summed E-state index contributed by atoms with van der Waals surface area (Å²) in [6.07, 6.45) is 3.52. The molecular formula is C14H22N2O2S. The second-order valence-electron chi connectivity index (χ2n) is 6.05. The van der Waals surface area contributed by atoms with E-state index in [1.165, 1.54) is 12.8 Å². The second kappa shape index (κ2) is 4.80. The van der Waals surface area contributed by atoms with Crippen LogP contribution < -0.4 is 10.5 Å². The van der Waals surface area contributed by atoms with Gasteiger partial charge in [0.1, 0.15) is 0 Å². The van der Waals surface area contributed by atoms with Crippen LogP contribution in [0.3, 0.4) is 0 Å². The number of sulfonamides is 1. The molecule has 0 amide bonds. The van der Waals surface area contributed by atoms with E-state index < -0.39 is 10.0 Å². The smallest absolute Gasteiger partial charge is 0.238 e. The third-order valence-corrected chi connectivity index (χ3v) is 5.23. The van der Waals surface area contributed by atoms with Crippen LogP contribution in [0.15, 0.2) is 23.1 Å². The molecule has 1 atom stereocenters. The molecule has 3 N–H and O–H groups in total. The van der Waals surface area contributed by atoms with Gasteiger partial charge in [0.2, 0.25) is 10.0 Å². The van der Waals surface area contributed by atoms with E-state index in [0.29, 0.717) is 11.6 Å². The molecule has 5 heteroatoms. The molecule has 0 aliphatic heterocycles. The first-order valence-corrected chi connectivity index (χ1v) is 8.15. The summed E-state index contributed by atoms with van der Waals surface area (Å²) in [5.74, 6) is 0. The predicted octanol–water partition coefficient (Wildman–Crippen LogP) is 2.63. The van der Waals surface area contributed by atoms with Crippen molar-refractivity contribution in [3.8, 4) is 0 Å². The van der Waals surface area contributed by atoms with Crippen molar-refractivity contribution in [2.24, 2.45) is 10.6 Å². The van der Waals surface area contributed by atoms with Crippen molar-refractivity contribution in [2.75, 3.05) is 5.32 Å². The van der Waals surface area contributed by atoms with Crippen LogP contribution in [-0.2, 0) is 10.0 Å². The van der Waals surface area contributed by atoms with Gasteiger partial charge in [-0.15, -0.1) is 0 Å². The summed E-state index contributed by atoms with van der Waals surface area (Å²) in [5, 5.41) is 8.72. The normalized spacial score (nSPS) is 22.4. The Balaban J connectivity index is 2.32. The molecule has 0 saturated heterocycles. The third-order valence-electron chi connectivity index (χ3n) is 4.18. The summed E-state index contributed by atoms with van der Waals surface area (Å²) < 4.78 is 23.0. The number of nitrogens with two attached hydrogens (primary N) is 1. The lowest BCUT2D eigenvalue weighted by atomic mass is 9.87. The number of nitrogens with one attached hydrogen (secondary N) is 1. The number of hydrogen-bond acceptors (Lipinski definition) is 3. The predicted molar refractivity (Wildman–Crippen MR) is 77.6 cm³/mol. The minimum Gasteiger partial charge on any atom is -0.382 e. The van der Waals surface area contributed by atoms with Gasteiger partial charge in [0.05, 0.1) is 4.90 Å². The van der Waals surface area contributed by atoms with E-state index in [-0.39, 0.29) is 10.3 Å². The Morgan fingerprint density at radius 2 is 2.05 bits per heavy atom. The van der Waals surface area contributed by atoms with Gasteiger partial charge in [-0.25, -0.2) is 13.6 Å². The Morgan fingerprint density at radius 1 is 1.37 bits per heavy atom. The van der Waals surface area contributed by atoms with E-state index >= 15 is 0 Å². The average molecular weight is 282 g/mol. The summed E-state index contributed by atoms with van der Waals surface area (Å²) in [6, 6.07) is 5.58. The molecule has 0 radical (unpaired) electrons. The molecule has 4 nitrogen and oxygen atoms in total. The molecule has 106 valence electrons. The van der Waals surface area contributed by atoms with Crippen molar-refractivity contribution in [2.45, 2.75) is 51.0 Å². The Morgan fingerprint density at radius 3 is 2.58 bits per heavy atom. The second-order valence-corrected chi connectivity index (χ2v) is 7.58. The molecule has 1 fully saturated rings. The molecule has 1 saturated carbocycles. The van der Waals surface area contributed by atoms with Gasteiger partial charge in [0, 0.05) is 11.7 Å². The standard InChI is InChI=1S/C14H22N2O2S/c1-10-11(6-4-7-12(10)19(15,17)18)16-13-8-5-9-14(13,2)3/h4,6-7,13,16H,5,8-9H2,1-3H3,(H2,15,17,18). The summed E-state index contributed by atoms with van der Waals surface area (Å²) in [4.78, 5) is 0.202. The molecule has 1 aromatic carbocycles. The number of primary sulfonamides is 1. The Kier molecular flexibility index (Phi) is 3.62. The number of rotatable bonds is 3. The van der Waals surface area contributed by atoms with Crippen molar-refractivity contribution in [1.82, 2.24) is 0 Å². The first kappa shape index (κ1) is 14.3. The maximum Gasteiger partial charge on any atom is 0.238 e. The minimum atomic E-state index is -3.66. The van der Waals surface area contributed by atoms with Crippen LogP contribution in [0.25, 0.3) is 0 Å². The van der Waals surface area contributed by atoms with Gasteiger partial charge in [-0.05, 0) is 42.9 Å². The summed E-state index contributed by atoms with van der Waals surface area (Å²) >= 11 is 0. The zero-order valence-corrected chi connectivity index (χ0v) is 12.5. The molecule has 1 aliphatic carbocycles. The lowest BCUT2D eigenvalue weighted by molar-refractivity contribution is 0.350. The monoisotopic (exact) mass is 282 g/mol. The highest BCUT2D eigenvalue weighted by Gasteiger charge is 2.34. The molecule has 0 bridgehead atoms. The molecule has 1 aromatic rings. The van der Waals surface area contributed by atoms with E-state index in [0.717, 1.165) is 12.1 Å². The van der Waals surface area contributed by atoms with Gasteiger partial charge >= 0.3 is 0 Å². The summed E-state index contributed by atoms with van der Waals surface area (Å²) in [5.41, 5.74) is 1.81. The fourth-order valence-electron chi connectivity index (χ4n) is 2.86. The van der Waals surface area contributed by atoms with Gasteiger partial charge in [-0.3, -0.25) is 0 Å². The molecule has 19 heavy (non-hydrogen) atoms. The van der Waals surface area contributed by atoms with Crippen LogP contribution in [0.5, 0.6) is 0 Å². The van der Waals surface area contributed by atoms with Crippen molar-refractivity contribution in [3.63, 3.8) is 0 Å². The average Bonchev–Trinajstić information content (AvgIpc) is 2.59. The van der Waals surface area contributed by atoms with E-state index in [1.54, 1.807) is 19.1 Å². The first-order chi connectivity index (χ1) is 8.72. The zero-order valence-electron chi connectivity index (χ0n) is 11.7. The third kappa shape index (κ3) is 2.92. The summed E-state index contributed by atoms with van der Waals surface area (Å²) in [7, 11) is -3.66. The highest BCUT2D eigenvalue weighted by Crippen LogP contribution is 2.39. The van der Waals surface area contributed by atoms with E-state index in [4.69, 9.17) is 5.14 Å².